The lowest BCUT2D eigenvalue weighted by Crippen LogP contribution is -2.45. The van der Waals surface area contributed by atoms with Gasteiger partial charge in [-0.3, -0.25) is 9.69 Å². The van der Waals surface area contributed by atoms with Crippen LogP contribution in [-0.4, -0.2) is 52.9 Å². The number of carbonyl (C=O) groups is 1. The maximum Gasteiger partial charge on any atom is 0.265 e. The Morgan fingerprint density at radius 3 is 2.68 bits per heavy atom. The Balaban J connectivity index is 1.51. The lowest BCUT2D eigenvalue weighted by atomic mass is 9.95. The standard InChI is InChI=1S/C17H25N3OS/c1-11-16(22-12(2)18-11)17(21)20-9-14-5-6-15(10-20)19(8-14)7-13-3-4-13/h13-15H,3-10H2,1-2H3/t14-,15-/m0/s1. The topological polar surface area (TPSA) is 36.4 Å². The molecule has 3 aliphatic heterocycles. The van der Waals surface area contributed by atoms with Crippen LogP contribution in [0.3, 0.4) is 0 Å². The fourth-order valence-electron chi connectivity index (χ4n) is 4.07. The van der Waals surface area contributed by atoms with Gasteiger partial charge >= 0.3 is 0 Å². The van der Waals surface area contributed by atoms with Gasteiger partial charge in [0.25, 0.3) is 5.91 Å². The van der Waals surface area contributed by atoms with Crippen molar-refractivity contribution in [3.05, 3.63) is 15.6 Å². The van der Waals surface area contributed by atoms with Gasteiger partial charge in [0.2, 0.25) is 0 Å². The summed E-state index contributed by atoms with van der Waals surface area (Å²) < 4.78 is 0. The highest BCUT2D eigenvalue weighted by molar-refractivity contribution is 7.13. The molecule has 0 N–H and O–H groups in total. The smallest absolute Gasteiger partial charge is 0.265 e. The molecule has 0 aromatic carbocycles. The molecule has 2 atom stereocenters. The molecule has 3 saturated heterocycles. The molecule has 1 aliphatic carbocycles. The third-order valence-corrected chi connectivity index (χ3v) is 6.46. The van der Waals surface area contributed by atoms with E-state index in [1.165, 1.54) is 38.8 Å². The highest BCUT2D eigenvalue weighted by Gasteiger charge is 2.39. The second kappa shape index (κ2) is 5.60. The van der Waals surface area contributed by atoms with E-state index < -0.39 is 0 Å². The zero-order valence-corrected chi connectivity index (χ0v) is 14.4. The van der Waals surface area contributed by atoms with E-state index in [1.54, 1.807) is 11.3 Å². The average Bonchev–Trinajstić information content (AvgIpc) is 3.27. The van der Waals surface area contributed by atoms with Crippen LogP contribution in [0.4, 0.5) is 0 Å². The van der Waals surface area contributed by atoms with E-state index in [2.05, 4.69) is 14.8 Å². The van der Waals surface area contributed by atoms with E-state index in [-0.39, 0.29) is 5.91 Å². The number of aryl methyl sites for hydroxylation is 2. The Bertz CT molecular complexity index is 580. The second-order valence-electron chi connectivity index (χ2n) is 7.35. The Morgan fingerprint density at radius 1 is 1.18 bits per heavy atom. The van der Waals surface area contributed by atoms with E-state index in [4.69, 9.17) is 0 Å². The minimum Gasteiger partial charge on any atom is -0.336 e. The van der Waals surface area contributed by atoms with Gasteiger partial charge in [0.05, 0.1) is 10.7 Å². The number of nitrogens with zero attached hydrogens (tertiary/aromatic N) is 3. The zero-order valence-electron chi connectivity index (χ0n) is 13.5. The number of aromatic nitrogens is 1. The van der Waals surface area contributed by atoms with Gasteiger partial charge in [0, 0.05) is 32.2 Å². The predicted octanol–water partition coefficient (Wildman–Crippen LogP) is 2.71. The Kier molecular flexibility index (Phi) is 3.73. The van der Waals surface area contributed by atoms with Crippen LogP contribution < -0.4 is 0 Å². The molecule has 0 unspecified atom stereocenters. The highest BCUT2D eigenvalue weighted by Crippen LogP contribution is 2.35. The predicted molar refractivity (Wildman–Crippen MR) is 88.3 cm³/mol. The number of amides is 1. The van der Waals surface area contributed by atoms with Crippen molar-refractivity contribution >= 4 is 17.2 Å². The maximum atomic E-state index is 12.9. The molecule has 5 heteroatoms. The van der Waals surface area contributed by atoms with Crippen LogP contribution >= 0.6 is 11.3 Å². The van der Waals surface area contributed by atoms with Gasteiger partial charge in [0.15, 0.2) is 0 Å². The van der Waals surface area contributed by atoms with Crippen molar-refractivity contribution in [2.24, 2.45) is 11.8 Å². The first-order chi connectivity index (χ1) is 10.6. The Morgan fingerprint density at radius 2 is 2.00 bits per heavy atom. The van der Waals surface area contributed by atoms with Crippen LogP contribution in [0.15, 0.2) is 0 Å². The van der Waals surface area contributed by atoms with Crippen molar-refractivity contribution in [3.8, 4) is 0 Å². The molecule has 0 spiro atoms. The molecule has 5 rings (SSSR count). The summed E-state index contributed by atoms with van der Waals surface area (Å²) in [6, 6.07) is 0.581. The monoisotopic (exact) mass is 319 g/mol. The first-order valence-corrected chi connectivity index (χ1v) is 9.39. The fraction of sp³-hybridized carbons (Fsp3) is 0.765. The molecule has 22 heavy (non-hydrogen) atoms. The molecule has 1 saturated carbocycles. The van der Waals surface area contributed by atoms with Crippen molar-refractivity contribution in [2.45, 2.75) is 45.6 Å². The fourth-order valence-corrected chi connectivity index (χ4v) is 4.96. The van der Waals surface area contributed by atoms with Gasteiger partial charge in [0.1, 0.15) is 4.88 Å². The Hall–Kier alpha value is -0.940. The summed E-state index contributed by atoms with van der Waals surface area (Å²) in [7, 11) is 0. The summed E-state index contributed by atoms with van der Waals surface area (Å²) in [5.74, 6) is 1.82. The van der Waals surface area contributed by atoms with E-state index in [9.17, 15) is 4.79 Å². The second-order valence-corrected chi connectivity index (χ2v) is 8.56. The highest BCUT2D eigenvalue weighted by atomic mass is 32.1. The zero-order chi connectivity index (χ0) is 15.3. The average molecular weight is 319 g/mol. The van der Waals surface area contributed by atoms with Gasteiger partial charge in [-0.2, -0.15) is 0 Å². The van der Waals surface area contributed by atoms with E-state index >= 15 is 0 Å². The third-order valence-electron chi connectivity index (χ3n) is 5.40. The summed E-state index contributed by atoms with van der Waals surface area (Å²) in [5.41, 5.74) is 0.902. The first kappa shape index (κ1) is 14.6. The minimum absolute atomic E-state index is 0.216. The normalized spacial score (nSPS) is 28.9. The van der Waals surface area contributed by atoms with Crippen LogP contribution in [0.1, 0.15) is 46.1 Å². The number of hydrogen-bond acceptors (Lipinski definition) is 4. The lowest BCUT2D eigenvalue weighted by Gasteiger charge is -2.36. The van der Waals surface area contributed by atoms with Crippen molar-refractivity contribution in [1.29, 1.82) is 0 Å². The number of rotatable bonds is 3. The summed E-state index contributed by atoms with van der Waals surface area (Å²) in [6.45, 7) is 8.26. The van der Waals surface area contributed by atoms with Crippen LogP contribution in [-0.2, 0) is 0 Å². The molecule has 4 nitrogen and oxygen atoms in total. The minimum atomic E-state index is 0.216. The maximum absolute atomic E-state index is 12.9. The third kappa shape index (κ3) is 2.81. The van der Waals surface area contributed by atoms with Crippen LogP contribution in [0.2, 0.25) is 0 Å². The number of fused-ring (bicyclic) bond motifs is 4. The molecule has 2 bridgehead atoms. The molecular weight excluding hydrogens is 294 g/mol. The molecule has 4 fully saturated rings. The van der Waals surface area contributed by atoms with Crippen LogP contribution in [0, 0.1) is 25.7 Å². The SMILES string of the molecule is Cc1nc(C)c(C(=O)N2C[C@H]3CC[C@@H](C2)N(CC2CC2)C3)s1. The largest absolute Gasteiger partial charge is 0.336 e. The van der Waals surface area contributed by atoms with Gasteiger partial charge in [-0.15, -0.1) is 11.3 Å². The van der Waals surface area contributed by atoms with Gasteiger partial charge in [-0.05, 0) is 51.4 Å². The van der Waals surface area contributed by atoms with Gasteiger partial charge in [-0.1, -0.05) is 0 Å². The molecule has 1 aromatic heterocycles. The van der Waals surface area contributed by atoms with Crippen LogP contribution in [0.5, 0.6) is 0 Å². The first-order valence-electron chi connectivity index (χ1n) is 8.57. The van der Waals surface area contributed by atoms with E-state index in [1.807, 2.05) is 13.8 Å². The summed E-state index contributed by atoms with van der Waals surface area (Å²) >= 11 is 1.55. The van der Waals surface area contributed by atoms with Crippen molar-refractivity contribution in [1.82, 2.24) is 14.8 Å². The van der Waals surface area contributed by atoms with E-state index in [0.29, 0.717) is 12.0 Å². The number of piperidine rings is 1. The summed E-state index contributed by atoms with van der Waals surface area (Å²) in [5, 5.41) is 0.994. The summed E-state index contributed by atoms with van der Waals surface area (Å²) in [6.07, 6.45) is 5.38. The van der Waals surface area contributed by atoms with Crippen molar-refractivity contribution in [2.75, 3.05) is 26.2 Å². The van der Waals surface area contributed by atoms with Crippen LogP contribution in [0.25, 0.3) is 0 Å². The van der Waals surface area contributed by atoms with E-state index in [0.717, 1.165) is 34.6 Å². The van der Waals surface area contributed by atoms with Crippen molar-refractivity contribution in [3.63, 3.8) is 0 Å². The lowest BCUT2D eigenvalue weighted by molar-refractivity contribution is 0.0740. The molecule has 120 valence electrons. The summed E-state index contributed by atoms with van der Waals surface area (Å²) in [4.78, 5) is 23.0. The molecule has 4 heterocycles. The number of carbonyl (C=O) groups excluding carboxylic acids is 1. The van der Waals surface area contributed by atoms with Gasteiger partial charge < -0.3 is 4.90 Å². The molecule has 0 radical (unpaired) electrons. The van der Waals surface area contributed by atoms with Gasteiger partial charge in [-0.25, -0.2) is 4.98 Å². The molecule has 1 amide bonds. The molecule has 4 aliphatic rings. The Labute approximate surface area is 136 Å². The van der Waals surface area contributed by atoms with Crippen molar-refractivity contribution < 1.29 is 4.79 Å². The number of thiazole rings is 1. The number of hydrogen-bond donors (Lipinski definition) is 0. The quantitative estimate of drug-likeness (QED) is 0.859. The molecule has 1 aromatic rings. The molecular formula is C17H25N3OS.